The first-order valence-corrected chi connectivity index (χ1v) is 8.11. The van der Waals surface area contributed by atoms with Crippen molar-refractivity contribution in [1.82, 2.24) is 25.2 Å². The molecule has 0 fully saturated rings. The topological polar surface area (TPSA) is 85.6 Å². The molecule has 2 aromatic heterocycles. The van der Waals surface area contributed by atoms with Crippen molar-refractivity contribution in [3.8, 4) is 5.69 Å². The summed E-state index contributed by atoms with van der Waals surface area (Å²) in [7, 11) is 0. The molecular formula is C15H14F2N6OS. The maximum atomic E-state index is 12.5. The molecule has 0 aliphatic rings. The molecule has 1 amide bonds. The molecule has 3 aromatic rings. The molecule has 0 unspecified atom stereocenters. The van der Waals surface area contributed by atoms with E-state index in [2.05, 4.69) is 25.7 Å². The molecule has 1 aromatic carbocycles. The van der Waals surface area contributed by atoms with Crippen molar-refractivity contribution in [2.45, 2.75) is 27.2 Å². The number of anilines is 1. The largest absolute Gasteiger partial charge is 0.295 e. The van der Waals surface area contributed by atoms with Gasteiger partial charge in [-0.3, -0.25) is 10.1 Å². The van der Waals surface area contributed by atoms with Crippen LogP contribution in [0.15, 0.2) is 18.2 Å². The van der Waals surface area contributed by atoms with Crippen LogP contribution in [0.5, 0.6) is 0 Å². The maximum Gasteiger partial charge on any atom is 0.291 e. The molecule has 3 rings (SSSR count). The Morgan fingerprint density at radius 2 is 1.96 bits per heavy atom. The van der Waals surface area contributed by atoms with Gasteiger partial charge in [0.15, 0.2) is 10.7 Å². The third-order valence-corrected chi connectivity index (χ3v) is 4.26. The smallest absolute Gasteiger partial charge is 0.291 e. The second-order valence-corrected chi connectivity index (χ2v) is 6.42. The lowest BCUT2D eigenvalue weighted by Crippen LogP contribution is -2.14. The van der Waals surface area contributed by atoms with Gasteiger partial charge < -0.3 is 0 Å². The molecule has 2 heterocycles. The van der Waals surface area contributed by atoms with E-state index in [1.54, 1.807) is 6.92 Å². The standard InChI is InChI=1S/C15H14F2N6OS/c1-7-4-5-10(8(2)6-7)23-21-9(3)11(22-23)13(24)18-15-20-19-14(25-15)12(16)17/h4-6,12H,1-3H3,(H,18,20,24). The van der Waals surface area contributed by atoms with Gasteiger partial charge in [-0.25, -0.2) is 8.78 Å². The minimum Gasteiger partial charge on any atom is -0.295 e. The molecule has 130 valence electrons. The van der Waals surface area contributed by atoms with Crippen molar-refractivity contribution in [3.05, 3.63) is 45.7 Å². The molecule has 0 atom stereocenters. The summed E-state index contributed by atoms with van der Waals surface area (Å²) in [5.74, 6) is -0.578. The van der Waals surface area contributed by atoms with Crippen LogP contribution in [-0.4, -0.2) is 31.1 Å². The minimum absolute atomic E-state index is 0.0132. The lowest BCUT2D eigenvalue weighted by Gasteiger charge is -2.04. The number of benzene rings is 1. The number of aromatic nitrogens is 5. The Kier molecular flexibility index (Phi) is 4.53. The van der Waals surface area contributed by atoms with Crippen LogP contribution in [0, 0.1) is 20.8 Å². The van der Waals surface area contributed by atoms with E-state index >= 15 is 0 Å². The number of hydrogen-bond acceptors (Lipinski definition) is 6. The Labute approximate surface area is 145 Å². The molecule has 0 bridgehead atoms. The lowest BCUT2D eigenvalue weighted by molar-refractivity contribution is 0.102. The molecule has 0 aliphatic carbocycles. The van der Waals surface area contributed by atoms with E-state index in [4.69, 9.17) is 0 Å². The number of halogens is 2. The Hall–Kier alpha value is -2.75. The highest BCUT2D eigenvalue weighted by Crippen LogP contribution is 2.25. The number of alkyl halides is 2. The predicted molar refractivity (Wildman–Crippen MR) is 88.4 cm³/mol. The van der Waals surface area contributed by atoms with E-state index in [0.29, 0.717) is 17.0 Å². The van der Waals surface area contributed by atoms with Gasteiger partial charge in [0, 0.05) is 0 Å². The van der Waals surface area contributed by atoms with E-state index in [0.717, 1.165) is 16.8 Å². The molecule has 0 saturated heterocycles. The molecule has 25 heavy (non-hydrogen) atoms. The second-order valence-electron chi connectivity index (χ2n) is 5.41. The summed E-state index contributed by atoms with van der Waals surface area (Å²) < 4.78 is 25.1. The van der Waals surface area contributed by atoms with E-state index in [1.165, 1.54) is 4.80 Å². The van der Waals surface area contributed by atoms with Gasteiger partial charge in [-0.05, 0) is 32.4 Å². The van der Waals surface area contributed by atoms with Gasteiger partial charge in [-0.1, -0.05) is 29.0 Å². The van der Waals surface area contributed by atoms with E-state index in [-0.39, 0.29) is 10.8 Å². The molecule has 0 radical (unpaired) electrons. The summed E-state index contributed by atoms with van der Waals surface area (Å²) in [6.45, 7) is 5.55. The summed E-state index contributed by atoms with van der Waals surface area (Å²) in [5.41, 5.74) is 3.33. The quantitative estimate of drug-likeness (QED) is 0.768. The van der Waals surface area contributed by atoms with Crippen molar-refractivity contribution in [2.75, 3.05) is 5.32 Å². The third-order valence-electron chi connectivity index (χ3n) is 3.41. The van der Waals surface area contributed by atoms with Crippen LogP contribution in [-0.2, 0) is 0 Å². The third kappa shape index (κ3) is 3.53. The van der Waals surface area contributed by atoms with Crippen LogP contribution in [0.2, 0.25) is 0 Å². The molecule has 0 aliphatic heterocycles. The van der Waals surface area contributed by atoms with Crippen LogP contribution in [0.25, 0.3) is 5.69 Å². The second kappa shape index (κ2) is 6.63. The van der Waals surface area contributed by atoms with Gasteiger partial charge >= 0.3 is 0 Å². The van der Waals surface area contributed by atoms with Crippen molar-refractivity contribution >= 4 is 22.4 Å². The highest BCUT2D eigenvalue weighted by molar-refractivity contribution is 7.15. The Balaban J connectivity index is 1.85. The number of aryl methyl sites for hydroxylation is 3. The Morgan fingerprint density at radius 3 is 2.60 bits per heavy atom. The molecule has 0 saturated carbocycles. The lowest BCUT2D eigenvalue weighted by atomic mass is 10.1. The van der Waals surface area contributed by atoms with Crippen molar-refractivity contribution < 1.29 is 13.6 Å². The number of hydrogen-bond donors (Lipinski definition) is 1. The molecule has 7 nitrogen and oxygen atoms in total. The molecule has 1 N–H and O–H groups in total. The highest BCUT2D eigenvalue weighted by atomic mass is 32.1. The van der Waals surface area contributed by atoms with Gasteiger partial charge in [-0.15, -0.1) is 15.3 Å². The Bertz CT molecular complexity index is 936. The molecular weight excluding hydrogens is 350 g/mol. The van der Waals surface area contributed by atoms with E-state index in [1.807, 2.05) is 32.0 Å². The summed E-state index contributed by atoms with van der Waals surface area (Å²) in [4.78, 5) is 13.7. The fraction of sp³-hybridized carbons (Fsp3) is 0.267. The average molecular weight is 364 g/mol. The maximum absolute atomic E-state index is 12.5. The zero-order chi connectivity index (χ0) is 18.1. The predicted octanol–water partition coefficient (Wildman–Crippen LogP) is 3.23. The van der Waals surface area contributed by atoms with E-state index < -0.39 is 17.3 Å². The monoisotopic (exact) mass is 364 g/mol. The first-order valence-electron chi connectivity index (χ1n) is 7.29. The van der Waals surface area contributed by atoms with Crippen LogP contribution in [0.4, 0.5) is 13.9 Å². The SMILES string of the molecule is Cc1ccc(-n2nc(C)c(C(=O)Nc3nnc(C(F)F)s3)n2)c(C)c1. The summed E-state index contributed by atoms with van der Waals surface area (Å²) >= 11 is 0.618. The van der Waals surface area contributed by atoms with Crippen molar-refractivity contribution in [1.29, 1.82) is 0 Å². The number of carbonyl (C=O) groups is 1. The zero-order valence-corrected chi connectivity index (χ0v) is 14.4. The highest BCUT2D eigenvalue weighted by Gasteiger charge is 2.20. The van der Waals surface area contributed by atoms with Crippen molar-refractivity contribution in [3.63, 3.8) is 0 Å². The number of rotatable bonds is 4. The average Bonchev–Trinajstić information content (AvgIpc) is 3.14. The van der Waals surface area contributed by atoms with Crippen molar-refractivity contribution in [2.24, 2.45) is 0 Å². The number of carbonyl (C=O) groups excluding carboxylic acids is 1. The van der Waals surface area contributed by atoms with Gasteiger partial charge in [0.2, 0.25) is 5.13 Å². The normalized spacial score (nSPS) is 11.1. The number of nitrogens with zero attached hydrogens (tertiary/aromatic N) is 5. The van der Waals surface area contributed by atoms with Crippen LogP contribution in [0.1, 0.15) is 38.7 Å². The van der Waals surface area contributed by atoms with Gasteiger partial charge in [0.25, 0.3) is 12.3 Å². The van der Waals surface area contributed by atoms with Gasteiger partial charge in [0.1, 0.15) is 0 Å². The fourth-order valence-electron chi connectivity index (χ4n) is 2.26. The zero-order valence-electron chi connectivity index (χ0n) is 13.6. The van der Waals surface area contributed by atoms with Gasteiger partial charge in [-0.2, -0.15) is 9.90 Å². The fourth-order valence-corrected chi connectivity index (χ4v) is 2.85. The van der Waals surface area contributed by atoms with Crippen LogP contribution in [0.3, 0.4) is 0 Å². The first-order chi connectivity index (χ1) is 11.8. The van der Waals surface area contributed by atoms with Crippen LogP contribution < -0.4 is 5.32 Å². The summed E-state index contributed by atoms with van der Waals surface area (Å²) in [5, 5.41) is 17.3. The molecule has 10 heteroatoms. The summed E-state index contributed by atoms with van der Waals surface area (Å²) in [6.07, 6.45) is -2.73. The number of amides is 1. The minimum atomic E-state index is -2.73. The van der Waals surface area contributed by atoms with Gasteiger partial charge in [0.05, 0.1) is 11.4 Å². The molecule has 0 spiro atoms. The number of nitrogens with one attached hydrogen (secondary N) is 1. The van der Waals surface area contributed by atoms with Crippen LogP contribution >= 0.6 is 11.3 Å². The van der Waals surface area contributed by atoms with E-state index in [9.17, 15) is 13.6 Å². The first kappa shape index (κ1) is 17.1. The Morgan fingerprint density at radius 1 is 1.20 bits per heavy atom. The summed E-state index contributed by atoms with van der Waals surface area (Å²) in [6, 6.07) is 5.78.